The normalized spacial score (nSPS) is 24.0. The van der Waals surface area contributed by atoms with Gasteiger partial charge < -0.3 is 0 Å². The lowest BCUT2D eigenvalue weighted by Gasteiger charge is -2.17. The third kappa shape index (κ3) is 2.74. The van der Waals surface area contributed by atoms with Crippen molar-refractivity contribution in [2.45, 2.75) is 9.30 Å². The standard InChI is InChI=1S/C13H10ClIO/c14-13(15)8-6-11(7-9-13)12(16)10-4-2-1-3-5-10/h1-8H,9H2. The molecule has 1 aliphatic carbocycles. The maximum Gasteiger partial charge on any atom is 0.192 e. The van der Waals surface area contributed by atoms with Crippen LogP contribution in [-0.4, -0.2) is 8.66 Å². The molecule has 0 amide bonds. The largest absolute Gasteiger partial charge is 0.289 e. The molecule has 1 aromatic rings. The highest BCUT2D eigenvalue weighted by Crippen LogP contribution is 2.34. The zero-order valence-corrected chi connectivity index (χ0v) is 11.4. The molecule has 0 aliphatic heterocycles. The van der Waals surface area contributed by atoms with E-state index in [-0.39, 0.29) is 8.66 Å². The lowest BCUT2D eigenvalue weighted by molar-refractivity contribution is 0.103. The Hall–Kier alpha value is -0.610. The van der Waals surface area contributed by atoms with Gasteiger partial charge in [0.05, 0.1) is 0 Å². The Morgan fingerprint density at radius 2 is 2.00 bits per heavy atom. The van der Waals surface area contributed by atoms with Crippen LogP contribution in [0.25, 0.3) is 0 Å². The highest BCUT2D eigenvalue weighted by Gasteiger charge is 2.23. The molecule has 2 rings (SSSR count). The molecule has 1 aromatic carbocycles. The molecule has 0 N–H and O–H groups in total. The summed E-state index contributed by atoms with van der Waals surface area (Å²) in [6, 6.07) is 9.28. The van der Waals surface area contributed by atoms with Crippen LogP contribution in [0.4, 0.5) is 0 Å². The molecule has 1 unspecified atom stereocenters. The highest BCUT2D eigenvalue weighted by atomic mass is 127. The van der Waals surface area contributed by atoms with E-state index in [9.17, 15) is 4.79 Å². The molecule has 0 aromatic heterocycles. The summed E-state index contributed by atoms with van der Waals surface area (Å²) < 4.78 is -0.377. The average molecular weight is 345 g/mol. The van der Waals surface area contributed by atoms with E-state index in [1.54, 1.807) is 6.08 Å². The molecular formula is C13H10ClIO. The molecular weight excluding hydrogens is 334 g/mol. The number of hydrogen-bond donors (Lipinski definition) is 0. The van der Waals surface area contributed by atoms with Gasteiger partial charge >= 0.3 is 0 Å². The predicted molar refractivity (Wildman–Crippen MR) is 75.2 cm³/mol. The van der Waals surface area contributed by atoms with Gasteiger partial charge in [0.25, 0.3) is 0 Å². The summed E-state index contributed by atoms with van der Waals surface area (Å²) in [5, 5.41) is 0. The van der Waals surface area contributed by atoms with E-state index >= 15 is 0 Å². The first-order valence-electron chi connectivity index (χ1n) is 4.95. The third-order valence-electron chi connectivity index (χ3n) is 2.40. The number of alkyl halides is 2. The number of ketones is 1. The second kappa shape index (κ2) is 4.72. The monoisotopic (exact) mass is 344 g/mol. The molecule has 0 saturated heterocycles. The van der Waals surface area contributed by atoms with E-state index < -0.39 is 0 Å². The van der Waals surface area contributed by atoms with E-state index in [4.69, 9.17) is 11.6 Å². The highest BCUT2D eigenvalue weighted by molar-refractivity contribution is 14.1. The number of hydrogen-bond acceptors (Lipinski definition) is 1. The third-order valence-corrected chi connectivity index (χ3v) is 3.48. The van der Waals surface area contributed by atoms with Gasteiger partial charge in [-0.25, -0.2) is 0 Å². The van der Waals surface area contributed by atoms with E-state index in [0.29, 0.717) is 12.0 Å². The Kier molecular flexibility index (Phi) is 3.50. The summed E-state index contributed by atoms with van der Waals surface area (Å²) >= 11 is 8.29. The number of Topliss-reactive ketones (excluding diaryl/α,β-unsaturated/α-hetero) is 1. The first kappa shape index (κ1) is 11.9. The Morgan fingerprint density at radius 1 is 1.31 bits per heavy atom. The van der Waals surface area contributed by atoms with Crippen LogP contribution in [0, 0.1) is 0 Å². The van der Waals surface area contributed by atoms with Crippen LogP contribution in [0.15, 0.2) is 54.1 Å². The molecule has 0 spiro atoms. The van der Waals surface area contributed by atoms with Gasteiger partial charge in [0, 0.05) is 11.1 Å². The number of carbonyl (C=O) groups is 1. The van der Waals surface area contributed by atoms with E-state index in [1.807, 2.05) is 42.5 Å². The lowest BCUT2D eigenvalue weighted by Crippen LogP contribution is -2.12. The van der Waals surface area contributed by atoms with Gasteiger partial charge in [0.2, 0.25) is 0 Å². The number of allylic oxidation sites excluding steroid dienone is 4. The summed E-state index contributed by atoms with van der Waals surface area (Å²) in [5.41, 5.74) is 1.44. The Labute approximate surface area is 113 Å². The minimum atomic E-state index is -0.377. The summed E-state index contributed by atoms with van der Waals surface area (Å²) in [7, 11) is 0. The van der Waals surface area contributed by atoms with Gasteiger partial charge in [-0.1, -0.05) is 71.2 Å². The van der Waals surface area contributed by atoms with E-state index in [1.165, 1.54) is 0 Å². The maximum atomic E-state index is 12.0. The minimum absolute atomic E-state index is 0.0559. The van der Waals surface area contributed by atoms with Crippen molar-refractivity contribution in [2.24, 2.45) is 0 Å². The van der Waals surface area contributed by atoms with Crippen molar-refractivity contribution in [1.29, 1.82) is 0 Å². The number of rotatable bonds is 2. The zero-order chi connectivity index (χ0) is 11.6. The molecule has 1 aliphatic rings. The SMILES string of the molecule is O=C(C1=CCC(Cl)(I)C=C1)c1ccccc1. The van der Waals surface area contributed by atoms with Crippen molar-refractivity contribution in [1.82, 2.24) is 0 Å². The first-order valence-corrected chi connectivity index (χ1v) is 6.41. The van der Waals surface area contributed by atoms with Crippen LogP contribution in [0.5, 0.6) is 0 Å². The Bertz CT molecular complexity index is 460. The van der Waals surface area contributed by atoms with Crippen LogP contribution in [0.2, 0.25) is 0 Å². The molecule has 82 valence electrons. The average Bonchev–Trinajstić information content (AvgIpc) is 2.29. The molecule has 0 fully saturated rings. The maximum absolute atomic E-state index is 12.0. The van der Waals surface area contributed by atoms with Crippen molar-refractivity contribution in [3.63, 3.8) is 0 Å². The van der Waals surface area contributed by atoms with Crippen molar-refractivity contribution < 1.29 is 4.79 Å². The van der Waals surface area contributed by atoms with Crippen LogP contribution >= 0.6 is 34.2 Å². The van der Waals surface area contributed by atoms with Gasteiger partial charge in [0.1, 0.15) is 2.88 Å². The fraction of sp³-hybridized carbons (Fsp3) is 0.154. The fourth-order valence-corrected chi connectivity index (χ4v) is 2.06. The number of halogens is 2. The molecule has 0 bridgehead atoms. The van der Waals surface area contributed by atoms with Crippen molar-refractivity contribution in [3.05, 3.63) is 59.7 Å². The van der Waals surface area contributed by atoms with Gasteiger partial charge in [-0.2, -0.15) is 0 Å². The first-order chi connectivity index (χ1) is 7.58. The van der Waals surface area contributed by atoms with Crippen LogP contribution in [0.1, 0.15) is 16.8 Å². The number of benzene rings is 1. The molecule has 0 heterocycles. The molecule has 1 atom stereocenters. The van der Waals surface area contributed by atoms with Crippen LogP contribution < -0.4 is 0 Å². The Morgan fingerprint density at radius 3 is 2.56 bits per heavy atom. The quantitative estimate of drug-likeness (QED) is 0.448. The molecule has 1 nitrogen and oxygen atoms in total. The van der Waals surface area contributed by atoms with E-state index in [0.717, 1.165) is 5.57 Å². The fourth-order valence-electron chi connectivity index (χ4n) is 1.52. The van der Waals surface area contributed by atoms with Crippen LogP contribution in [0.3, 0.4) is 0 Å². The van der Waals surface area contributed by atoms with Gasteiger partial charge in [0.15, 0.2) is 5.78 Å². The zero-order valence-electron chi connectivity index (χ0n) is 8.49. The second-order valence-electron chi connectivity index (χ2n) is 3.65. The van der Waals surface area contributed by atoms with Gasteiger partial charge in [-0.05, 0) is 6.42 Å². The molecule has 0 radical (unpaired) electrons. The molecule has 16 heavy (non-hydrogen) atoms. The van der Waals surface area contributed by atoms with Gasteiger partial charge in [-0.15, -0.1) is 11.6 Å². The summed E-state index contributed by atoms with van der Waals surface area (Å²) in [6.07, 6.45) is 6.25. The van der Waals surface area contributed by atoms with Crippen LogP contribution in [-0.2, 0) is 0 Å². The van der Waals surface area contributed by atoms with Gasteiger partial charge in [-0.3, -0.25) is 4.79 Å². The van der Waals surface area contributed by atoms with Crippen molar-refractivity contribution >= 4 is 40.0 Å². The van der Waals surface area contributed by atoms with E-state index in [2.05, 4.69) is 22.6 Å². The lowest BCUT2D eigenvalue weighted by atomic mass is 9.98. The predicted octanol–water partition coefficient (Wildman–Crippen LogP) is 4.13. The molecule has 0 saturated carbocycles. The number of carbonyl (C=O) groups excluding carboxylic acids is 1. The Balaban J connectivity index is 2.20. The smallest absolute Gasteiger partial charge is 0.192 e. The van der Waals surface area contributed by atoms with Crippen molar-refractivity contribution in [3.8, 4) is 0 Å². The summed E-state index contributed by atoms with van der Waals surface area (Å²) in [4.78, 5) is 12.0. The molecule has 3 heteroatoms. The topological polar surface area (TPSA) is 17.1 Å². The second-order valence-corrected chi connectivity index (χ2v) is 6.89. The van der Waals surface area contributed by atoms with Crippen molar-refractivity contribution in [2.75, 3.05) is 0 Å². The minimum Gasteiger partial charge on any atom is -0.289 e. The summed E-state index contributed by atoms with van der Waals surface area (Å²) in [5.74, 6) is 0.0559. The summed E-state index contributed by atoms with van der Waals surface area (Å²) in [6.45, 7) is 0.